The van der Waals surface area contributed by atoms with Crippen LogP contribution in [0.3, 0.4) is 0 Å². The van der Waals surface area contributed by atoms with Crippen LogP contribution in [0.2, 0.25) is 0 Å². The van der Waals surface area contributed by atoms with Crippen molar-refractivity contribution in [2.75, 3.05) is 5.75 Å². The summed E-state index contributed by atoms with van der Waals surface area (Å²) in [6.07, 6.45) is 6.91. The Morgan fingerprint density at radius 1 is 1.36 bits per heavy atom. The zero-order chi connectivity index (χ0) is 10.4. The highest BCUT2D eigenvalue weighted by molar-refractivity contribution is 7.80. The first kappa shape index (κ1) is 11.9. The van der Waals surface area contributed by atoms with Crippen LogP contribution in [-0.4, -0.2) is 23.9 Å². The summed E-state index contributed by atoms with van der Waals surface area (Å²) in [6.45, 7) is 0. The molecule has 1 fully saturated rings. The van der Waals surface area contributed by atoms with E-state index in [4.69, 9.17) is 10.5 Å². The molecule has 2 N–H and O–H groups in total. The van der Waals surface area contributed by atoms with E-state index in [9.17, 15) is 4.79 Å². The maximum absolute atomic E-state index is 11.4. The zero-order valence-corrected chi connectivity index (χ0v) is 9.34. The Balaban J connectivity index is 2.30. The molecule has 1 aliphatic carbocycles. The first-order chi connectivity index (χ1) is 6.74. The van der Waals surface area contributed by atoms with Gasteiger partial charge in [-0.15, -0.1) is 0 Å². The molecule has 0 heterocycles. The van der Waals surface area contributed by atoms with Crippen molar-refractivity contribution in [2.45, 2.75) is 50.7 Å². The third-order valence-corrected chi connectivity index (χ3v) is 2.98. The molecule has 0 radical (unpaired) electrons. The molecule has 0 amide bonds. The average molecular weight is 217 g/mol. The van der Waals surface area contributed by atoms with E-state index in [0.717, 1.165) is 25.7 Å². The maximum Gasteiger partial charge on any atom is 0.324 e. The van der Waals surface area contributed by atoms with Gasteiger partial charge in [0.05, 0.1) is 0 Å². The molecule has 1 saturated carbocycles. The maximum atomic E-state index is 11.4. The molecule has 3 nitrogen and oxygen atoms in total. The predicted molar refractivity (Wildman–Crippen MR) is 59.4 cm³/mol. The highest BCUT2D eigenvalue weighted by Crippen LogP contribution is 2.20. The van der Waals surface area contributed by atoms with Crippen molar-refractivity contribution in [3.05, 3.63) is 0 Å². The molecule has 1 rings (SSSR count). The second kappa shape index (κ2) is 6.30. The van der Waals surface area contributed by atoms with Gasteiger partial charge in [0, 0.05) is 5.75 Å². The van der Waals surface area contributed by atoms with Crippen LogP contribution in [0.25, 0.3) is 0 Å². The van der Waals surface area contributed by atoms with Gasteiger partial charge in [-0.25, -0.2) is 0 Å². The third-order valence-electron chi connectivity index (χ3n) is 2.58. The Kier molecular flexibility index (Phi) is 5.33. The van der Waals surface area contributed by atoms with Crippen LogP contribution in [-0.2, 0) is 9.53 Å². The first-order valence-corrected chi connectivity index (χ1v) is 5.94. The molecular weight excluding hydrogens is 198 g/mol. The number of hydrogen-bond donors (Lipinski definition) is 2. The molecule has 4 heteroatoms. The fourth-order valence-electron chi connectivity index (χ4n) is 1.69. The third kappa shape index (κ3) is 3.88. The van der Waals surface area contributed by atoms with Crippen LogP contribution in [0.15, 0.2) is 0 Å². The molecule has 0 aromatic rings. The molecule has 14 heavy (non-hydrogen) atoms. The van der Waals surface area contributed by atoms with E-state index < -0.39 is 6.04 Å². The number of hydrogen-bond acceptors (Lipinski definition) is 4. The monoisotopic (exact) mass is 217 g/mol. The number of thiol groups is 1. The fraction of sp³-hybridized carbons (Fsp3) is 0.900. The van der Waals surface area contributed by atoms with Crippen molar-refractivity contribution in [3.63, 3.8) is 0 Å². The van der Waals surface area contributed by atoms with E-state index in [-0.39, 0.29) is 12.1 Å². The van der Waals surface area contributed by atoms with Gasteiger partial charge in [-0.05, 0) is 25.7 Å². The van der Waals surface area contributed by atoms with Crippen molar-refractivity contribution in [1.29, 1.82) is 0 Å². The molecule has 0 spiro atoms. The summed E-state index contributed by atoms with van der Waals surface area (Å²) in [5, 5.41) is 0. The summed E-state index contributed by atoms with van der Waals surface area (Å²) in [6, 6.07) is -0.568. The molecule has 1 unspecified atom stereocenters. The van der Waals surface area contributed by atoms with E-state index in [1.54, 1.807) is 0 Å². The van der Waals surface area contributed by atoms with Crippen molar-refractivity contribution in [2.24, 2.45) is 5.73 Å². The van der Waals surface area contributed by atoms with Crippen molar-refractivity contribution in [1.82, 2.24) is 0 Å². The second-order valence-electron chi connectivity index (χ2n) is 3.84. The number of carbonyl (C=O) groups is 1. The van der Waals surface area contributed by atoms with Crippen LogP contribution in [0, 0.1) is 0 Å². The highest BCUT2D eigenvalue weighted by Gasteiger charge is 2.20. The molecule has 1 atom stereocenters. The summed E-state index contributed by atoms with van der Waals surface area (Å²) in [7, 11) is 0. The van der Waals surface area contributed by atoms with Crippen LogP contribution >= 0.6 is 12.6 Å². The quantitative estimate of drug-likeness (QED) is 0.428. The largest absolute Gasteiger partial charge is 0.461 e. The predicted octanol–water partition coefficient (Wildman–Crippen LogP) is 1.51. The lowest BCUT2D eigenvalue weighted by molar-refractivity contribution is -0.150. The topological polar surface area (TPSA) is 52.3 Å². The van der Waals surface area contributed by atoms with Crippen molar-refractivity contribution < 1.29 is 9.53 Å². The van der Waals surface area contributed by atoms with E-state index >= 15 is 0 Å². The Hall–Kier alpha value is -0.220. The van der Waals surface area contributed by atoms with Crippen molar-refractivity contribution >= 4 is 18.6 Å². The van der Waals surface area contributed by atoms with Gasteiger partial charge in [-0.2, -0.15) is 12.6 Å². The van der Waals surface area contributed by atoms with Crippen LogP contribution in [0.1, 0.15) is 38.5 Å². The SMILES string of the molecule is NC(CS)C(=O)OC1CCCCCC1. The minimum Gasteiger partial charge on any atom is -0.461 e. The van der Waals surface area contributed by atoms with E-state index in [0.29, 0.717) is 5.75 Å². The van der Waals surface area contributed by atoms with Gasteiger partial charge in [0.25, 0.3) is 0 Å². The van der Waals surface area contributed by atoms with Crippen LogP contribution in [0.4, 0.5) is 0 Å². The number of rotatable bonds is 3. The first-order valence-electron chi connectivity index (χ1n) is 5.31. The fourth-order valence-corrected chi connectivity index (χ4v) is 1.84. The molecule has 0 aliphatic heterocycles. The minimum atomic E-state index is -0.568. The molecule has 0 bridgehead atoms. The zero-order valence-electron chi connectivity index (χ0n) is 8.45. The lowest BCUT2D eigenvalue weighted by Crippen LogP contribution is -2.36. The molecule has 82 valence electrons. The van der Waals surface area contributed by atoms with Crippen molar-refractivity contribution in [3.8, 4) is 0 Å². The molecule has 0 saturated heterocycles. The Bertz CT molecular complexity index is 179. The van der Waals surface area contributed by atoms with Gasteiger partial charge in [-0.3, -0.25) is 4.79 Å². The molecule has 0 aromatic heterocycles. The summed E-state index contributed by atoms with van der Waals surface area (Å²) in [5.74, 6) is 0.0536. The van der Waals surface area contributed by atoms with Gasteiger partial charge in [0.15, 0.2) is 0 Å². The van der Waals surface area contributed by atoms with Gasteiger partial charge < -0.3 is 10.5 Å². The number of ether oxygens (including phenoxy) is 1. The number of esters is 1. The molecule has 1 aliphatic rings. The van der Waals surface area contributed by atoms with Gasteiger partial charge in [0.2, 0.25) is 0 Å². The number of carbonyl (C=O) groups excluding carboxylic acids is 1. The summed E-state index contributed by atoms with van der Waals surface area (Å²) in [4.78, 5) is 11.4. The van der Waals surface area contributed by atoms with Gasteiger partial charge in [0.1, 0.15) is 12.1 Å². The van der Waals surface area contributed by atoms with Crippen LogP contribution in [0.5, 0.6) is 0 Å². The smallest absolute Gasteiger partial charge is 0.324 e. The lowest BCUT2D eigenvalue weighted by atomic mass is 10.1. The molecule has 0 aromatic carbocycles. The van der Waals surface area contributed by atoms with E-state index in [1.807, 2.05) is 0 Å². The Labute approximate surface area is 90.8 Å². The van der Waals surface area contributed by atoms with Gasteiger partial charge in [-0.1, -0.05) is 12.8 Å². The standard InChI is InChI=1S/C10H19NO2S/c11-9(7-14)10(12)13-8-5-3-1-2-4-6-8/h8-9,14H,1-7,11H2. The van der Waals surface area contributed by atoms with E-state index in [2.05, 4.69) is 12.6 Å². The lowest BCUT2D eigenvalue weighted by Gasteiger charge is -2.17. The minimum absolute atomic E-state index is 0.0935. The summed E-state index contributed by atoms with van der Waals surface area (Å²) in [5.41, 5.74) is 5.52. The summed E-state index contributed by atoms with van der Waals surface area (Å²) < 4.78 is 5.31. The normalized spacial score (nSPS) is 21.3. The summed E-state index contributed by atoms with van der Waals surface area (Å²) >= 11 is 3.97. The highest BCUT2D eigenvalue weighted by atomic mass is 32.1. The van der Waals surface area contributed by atoms with Crippen LogP contribution < -0.4 is 5.73 Å². The average Bonchev–Trinajstić information content (AvgIpc) is 2.45. The number of nitrogens with two attached hydrogens (primary N) is 1. The molecular formula is C10H19NO2S. The van der Waals surface area contributed by atoms with E-state index in [1.165, 1.54) is 12.8 Å². The Morgan fingerprint density at radius 3 is 2.43 bits per heavy atom. The second-order valence-corrected chi connectivity index (χ2v) is 4.20. The Morgan fingerprint density at radius 2 is 1.93 bits per heavy atom. The van der Waals surface area contributed by atoms with Gasteiger partial charge >= 0.3 is 5.97 Å².